The number of rotatable bonds is 7. The summed E-state index contributed by atoms with van der Waals surface area (Å²) in [4.78, 5) is 11.8. The standard InChI is InChI=1S/C22H27ClO4/c1-21(2,3)15-20(24)26-14-13-22(4,25)16-5-9-18(10-6-16)27-19-11-7-17(23)8-12-19/h5-12,25H,13-15H2,1-4H3. The van der Waals surface area contributed by atoms with Crippen LogP contribution in [0.5, 0.6) is 11.5 Å². The maximum Gasteiger partial charge on any atom is 0.306 e. The molecule has 0 heterocycles. The van der Waals surface area contributed by atoms with Crippen molar-refractivity contribution in [2.75, 3.05) is 6.61 Å². The topological polar surface area (TPSA) is 55.8 Å². The monoisotopic (exact) mass is 390 g/mol. The Morgan fingerprint density at radius 1 is 0.963 bits per heavy atom. The van der Waals surface area contributed by atoms with Gasteiger partial charge in [0.25, 0.3) is 0 Å². The van der Waals surface area contributed by atoms with E-state index in [2.05, 4.69) is 0 Å². The van der Waals surface area contributed by atoms with Crippen LogP contribution in [0, 0.1) is 5.41 Å². The van der Waals surface area contributed by atoms with Gasteiger partial charge >= 0.3 is 5.97 Å². The molecule has 0 aromatic heterocycles. The van der Waals surface area contributed by atoms with E-state index < -0.39 is 5.60 Å². The van der Waals surface area contributed by atoms with Gasteiger partial charge in [0.15, 0.2) is 0 Å². The maximum atomic E-state index is 11.8. The van der Waals surface area contributed by atoms with Crippen LogP contribution < -0.4 is 4.74 Å². The van der Waals surface area contributed by atoms with Crippen molar-refractivity contribution in [1.82, 2.24) is 0 Å². The van der Waals surface area contributed by atoms with E-state index in [1.165, 1.54) is 0 Å². The lowest BCUT2D eigenvalue weighted by Crippen LogP contribution is -2.25. The summed E-state index contributed by atoms with van der Waals surface area (Å²) in [6.07, 6.45) is 0.673. The molecule has 2 rings (SSSR count). The molecule has 1 N–H and O–H groups in total. The average molecular weight is 391 g/mol. The lowest BCUT2D eigenvalue weighted by atomic mass is 9.92. The highest BCUT2D eigenvalue weighted by Gasteiger charge is 2.24. The number of ether oxygens (including phenoxy) is 2. The van der Waals surface area contributed by atoms with Crippen LogP contribution in [0.15, 0.2) is 48.5 Å². The predicted octanol–water partition coefficient (Wildman–Crippen LogP) is 5.71. The molecule has 0 aliphatic heterocycles. The van der Waals surface area contributed by atoms with E-state index >= 15 is 0 Å². The van der Waals surface area contributed by atoms with Crippen LogP contribution in [0.25, 0.3) is 0 Å². The van der Waals surface area contributed by atoms with Gasteiger partial charge in [-0.05, 0) is 54.3 Å². The van der Waals surface area contributed by atoms with Crippen molar-refractivity contribution in [3.63, 3.8) is 0 Å². The summed E-state index contributed by atoms with van der Waals surface area (Å²) < 4.78 is 11.0. The van der Waals surface area contributed by atoms with Crippen molar-refractivity contribution in [2.24, 2.45) is 5.41 Å². The molecule has 0 bridgehead atoms. The number of hydrogen-bond donors (Lipinski definition) is 1. The Morgan fingerprint density at radius 2 is 1.48 bits per heavy atom. The zero-order valence-electron chi connectivity index (χ0n) is 16.3. The van der Waals surface area contributed by atoms with Crippen molar-refractivity contribution >= 4 is 17.6 Å². The molecule has 2 aromatic carbocycles. The van der Waals surface area contributed by atoms with Crippen LogP contribution in [-0.4, -0.2) is 17.7 Å². The van der Waals surface area contributed by atoms with E-state index in [1.54, 1.807) is 43.3 Å². The number of halogens is 1. The van der Waals surface area contributed by atoms with E-state index in [0.717, 1.165) is 5.56 Å². The van der Waals surface area contributed by atoms with E-state index in [0.29, 0.717) is 29.4 Å². The first kappa shape index (κ1) is 21.3. The minimum atomic E-state index is -1.10. The van der Waals surface area contributed by atoms with E-state index in [4.69, 9.17) is 21.1 Å². The number of benzene rings is 2. The van der Waals surface area contributed by atoms with Crippen molar-refractivity contribution in [2.45, 2.75) is 46.1 Å². The SMILES string of the molecule is CC(C)(C)CC(=O)OCCC(C)(O)c1ccc(Oc2ccc(Cl)cc2)cc1. The van der Waals surface area contributed by atoms with Crippen LogP contribution >= 0.6 is 11.6 Å². The molecule has 2 aromatic rings. The fourth-order valence-electron chi connectivity index (χ4n) is 2.51. The van der Waals surface area contributed by atoms with Crippen LogP contribution in [0.3, 0.4) is 0 Å². The lowest BCUT2D eigenvalue weighted by molar-refractivity contribution is -0.147. The van der Waals surface area contributed by atoms with E-state index in [9.17, 15) is 9.90 Å². The Labute approximate surface area is 166 Å². The summed E-state index contributed by atoms with van der Waals surface area (Å²) in [5.41, 5.74) is -0.474. The highest BCUT2D eigenvalue weighted by molar-refractivity contribution is 6.30. The third kappa shape index (κ3) is 7.24. The molecule has 0 aliphatic rings. The van der Waals surface area contributed by atoms with Crippen LogP contribution in [0.2, 0.25) is 5.02 Å². The molecular weight excluding hydrogens is 364 g/mol. The van der Waals surface area contributed by atoms with E-state index in [-0.39, 0.29) is 18.0 Å². The number of carbonyl (C=O) groups excluding carboxylic acids is 1. The third-order valence-corrected chi connectivity index (χ3v) is 4.30. The molecule has 146 valence electrons. The predicted molar refractivity (Wildman–Crippen MR) is 107 cm³/mol. The molecule has 0 amide bonds. The fourth-order valence-corrected chi connectivity index (χ4v) is 2.64. The number of carbonyl (C=O) groups is 1. The van der Waals surface area contributed by atoms with Gasteiger partial charge in [0.2, 0.25) is 0 Å². The Bertz CT molecular complexity index is 743. The maximum absolute atomic E-state index is 11.8. The molecular formula is C22H27ClO4. The molecule has 0 spiro atoms. The lowest BCUT2D eigenvalue weighted by Gasteiger charge is -2.24. The second-order valence-corrected chi connectivity index (χ2v) is 8.50. The van der Waals surface area contributed by atoms with Gasteiger partial charge in [-0.3, -0.25) is 4.79 Å². The minimum Gasteiger partial charge on any atom is -0.466 e. The fraction of sp³-hybridized carbons (Fsp3) is 0.409. The molecule has 1 unspecified atom stereocenters. The van der Waals surface area contributed by atoms with Gasteiger partial charge in [-0.25, -0.2) is 0 Å². The van der Waals surface area contributed by atoms with E-state index in [1.807, 2.05) is 32.9 Å². The molecule has 0 saturated carbocycles. The van der Waals surface area contributed by atoms with Gasteiger partial charge in [0, 0.05) is 11.4 Å². The van der Waals surface area contributed by atoms with Crippen LogP contribution in [-0.2, 0) is 15.1 Å². The quantitative estimate of drug-likeness (QED) is 0.615. The summed E-state index contributed by atoms with van der Waals surface area (Å²) in [6.45, 7) is 7.83. The zero-order valence-corrected chi connectivity index (χ0v) is 17.0. The van der Waals surface area contributed by atoms with Gasteiger partial charge in [-0.15, -0.1) is 0 Å². The summed E-state index contributed by atoms with van der Waals surface area (Å²) in [5, 5.41) is 11.3. The van der Waals surface area contributed by atoms with Crippen LogP contribution in [0.4, 0.5) is 0 Å². The van der Waals surface area contributed by atoms with Crippen LogP contribution in [0.1, 0.15) is 46.1 Å². The zero-order chi connectivity index (χ0) is 20.1. The summed E-state index contributed by atoms with van der Waals surface area (Å²) in [7, 11) is 0. The highest BCUT2D eigenvalue weighted by Crippen LogP contribution is 2.29. The molecule has 4 nitrogen and oxygen atoms in total. The van der Waals surface area contributed by atoms with Crippen molar-refractivity contribution < 1.29 is 19.4 Å². The normalized spacial score (nSPS) is 13.7. The van der Waals surface area contributed by atoms with Gasteiger partial charge in [0.05, 0.1) is 18.6 Å². The minimum absolute atomic E-state index is 0.112. The van der Waals surface area contributed by atoms with Crippen molar-refractivity contribution in [3.8, 4) is 11.5 Å². The van der Waals surface area contributed by atoms with Crippen molar-refractivity contribution in [3.05, 3.63) is 59.1 Å². The Balaban J connectivity index is 1.90. The number of hydrogen-bond acceptors (Lipinski definition) is 4. The summed E-state index contributed by atoms with van der Waals surface area (Å²) >= 11 is 5.86. The Morgan fingerprint density at radius 3 is 2.00 bits per heavy atom. The molecule has 5 heteroatoms. The first-order chi connectivity index (χ1) is 12.5. The molecule has 0 aliphatic carbocycles. The van der Waals surface area contributed by atoms with Gasteiger partial charge in [-0.1, -0.05) is 44.5 Å². The molecule has 1 atom stereocenters. The smallest absolute Gasteiger partial charge is 0.306 e. The summed E-state index contributed by atoms with van der Waals surface area (Å²) in [6, 6.07) is 14.3. The number of aliphatic hydroxyl groups is 1. The third-order valence-electron chi connectivity index (χ3n) is 4.05. The molecule has 0 fully saturated rings. The molecule has 0 saturated heterocycles. The highest BCUT2D eigenvalue weighted by atomic mass is 35.5. The second kappa shape index (κ2) is 8.77. The largest absolute Gasteiger partial charge is 0.466 e. The Hall–Kier alpha value is -2.04. The Kier molecular flexibility index (Phi) is 6.90. The van der Waals surface area contributed by atoms with Gasteiger partial charge in [-0.2, -0.15) is 0 Å². The summed E-state index contributed by atoms with van der Waals surface area (Å²) in [5.74, 6) is 1.10. The van der Waals surface area contributed by atoms with Crippen molar-refractivity contribution in [1.29, 1.82) is 0 Å². The average Bonchev–Trinajstić information content (AvgIpc) is 2.55. The van der Waals surface area contributed by atoms with Gasteiger partial charge in [0.1, 0.15) is 11.5 Å². The molecule has 27 heavy (non-hydrogen) atoms. The molecule has 0 radical (unpaired) electrons. The first-order valence-corrected chi connectivity index (χ1v) is 9.35. The second-order valence-electron chi connectivity index (χ2n) is 8.06. The van der Waals surface area contributed by atoms with Gasteiger partial charge < -0.3 is 14.6 Å². The first-order valence-electron chi connectivity index (χ1n) is 8.97. The number of esters is 1.